The van der Waals surface area contributed by atoms with Crippen molar-refractivity contribution in [1.82, 2.24) is 0 Å². The maximum absolute atomic E-state index is 12.1. The number of aryl methyl sites for hydroxylation is 1. The van der Waals surface area contributed by atoms with E-state index in [1.165, 1.54) is 13.2 Å². The van der Waals surface area contributed by atoms with Crippen molar-refractivity contribution in [3.63, 3.8) is 0 Å². The Morgan fingerprint density at radius 3 is 2.45 bits per heavy atom. The van der Waals surface area contributed by atoms with Crippen LogP contribution in [0.4, 0.5) is 5.69 Å². The zero-order valence-electron chi connectivity index (χ0n) is 19.1. The number of fused-ring (bicyclic) bond motifs is 1. The molecule has 1 aliphatic rings. The molecular weight excluding hydrogens is 418 g/mol. The average Bonchev–Trinajstić information content (AvgIpc) is 2.83. The summed E-state index contributed by atoms with van der Waals surface area (Å²) in [5.41, 5.74) is 2.20. The minimum atomic E-state index is -0.382. The molecule has 172 valence electrons. The van der Waals surface area contributed by atoms with E-state index in [9.17, 15) is 14.9 Å². The van der Waals surface area contributed by atoms with Crippen LogP contribution in [0.3, 0.4) is 0 Å². The number of esters is 1. The Labute approximate surface area is 193 Å². The Balaban J connectivity index is 1.80. The minimum Gasteiger partial charge on any atom is -0.483 e. The predicted octanol–water partition coefficient (Wildman–Crippen LogP) is 6.48. The van der Waals surface area contributed by atoms with Crippen molar-refractivity contribution in [2.24, 2.45) is 5.92 Å². The lowest BCUT2D eigenvalue weighted by Gasteiger charge is -2.27. The molecule has 0 aromatic heterocycles. The monoisotopic (exact) mass is 447 g/mol. The summed E-state index contributed by atoms with van der Waals surface area (Å²) in [4.78, 5) is 23.4. The van der Waals surface area contributed by atoms with Crippen LogP contribution in [-0.2, 0) is 16.0 Å². The Bertz CT molecular complexity index is 1160. The summed E-state index contributed by atoms with van der Waals surface area (Å²) in [6.07, 6.45) is 4.36. The zero-order valence-corrected chi connectivity index (χ0v) is 19.1. The van der Waals surface area contributed by atoms with E-state index in [1.807, 2.05) is 48.5 Å². The fourth-order valence-corrected chi connectivity index (χ4v) is 4.51. The lowest BCUT2D eigenvalue weighted by Crippen LogP contribution is -2.23. The average molecular weight is 448 g/mol. The van der Waals surface area contributed by atoms with Crippen molar-refractivity contribution in [3.8, 4) is 16.9 Å². The summed E-state index contributed by atoms with van der Waals surface area (Å²) in [5.74, 6) is 0.624. The lowest BCUT2D eigenvalue weighted by atomic mass is 9.88. The number of methoxy groups -OCH3 is 1. The minimum absolute atomic E-state index is 0.0416. The van der Waals surface area contributed by atoms with Gasteiger partial charge in [0.25, 0.3) is 0 Å². The molecule has 4 rings (SSSR count). The molecule has 0 bridgehead atoms. The lowest BCUT2D eigenvalue weighted by molar-refractivity contribution is -0.386. The SMILES string of the molecule is COC(=O)CCc1cc(-c2ccc3ccccc3c2)c(O[C@H]2CC[C@H](C)CC2)c([N+](=O)[O-])c1. The van der Waals surface area contributed by atoms with Gasteiger partial charge in [0, 0.05) is 18.1 Å². The molecule has 6 nitrogen and oxygen atoms in total. The summed E-state index contributed by atoms with van der Waals surface area (Å²) in [5, 5.41) is 14.2. The molecule has 0 atom stereocenters. The standard InChI is InChI=1S/C27H29NO5/c1-18-7-12-23(13-8-18)33-27-24(22-11-10-20-5-3-4-6-21(20)17-22)15-19(9-14-26(29)32-2)16-25(27)28(30)31/h3-6,10-11,15-18,23H,7-9,12-14H2,1-2H3/t18-,23-. The molecule has 0 aliphatic heterocycles. The molecule has 0 N–H and O–H groups in total. The van der Waals surface area contributed by atoms with E-state index in [4.69, 9.17) is 9.47 Å². The fourth-order valence-electron chi connectivity index (χ4n) is 4.51. The van der Waals surface area contributed by atoms with E-state index in [2.05, 4.69) is 6.92 Å². The van der Waals surface area contributed by atoms with Crippen molar-refractivity contribution in [3.05, 3.63) is 70.3 Å². The summed E-state index contributed by atoms with van der Waals surface area (Å²) in [6, 6.07) is 17.5. The molecule has 3 aromatic carbocycles. The van der Waals surface area contributed by atoms with E-state index in [0.717, 1.165) is 42.0 Å². The van der Waals surface area contributed by atoms with Crippen LogP contribution in [0.1, 0.15) is 44.6 Å². The first-order chi connectivity index (χ1) is 15.9. The normalized spacial score (nSPS) is 18.1. The van der Waals surface area contributed by atoms with Gasteiger partial charge in [-0.25, -0.2) is 0 Å². The number of ether oxygens (including phenoxy) is 2. The molecular formula is C27H29NO5. The Hall–Kier alpha value is -3.41. The van der Waals surface area contributed by atoms with E-state index < -0.39 is 0 Å². The van der Waals surface area contributed by atoms with E-state index in [0.29, 0.717) is 29.2 Å². The summed E-state index contributed by atoms with van der Waals surface area (Å²) in [7, 11) is 1.34. The Kier molecular flexibility index (Phi) is 6.92. The predicted molar refractivity (Wildman–Crippen MR) is 128 cm³/mol. The fraction of sp³-hybridized carbons (Fsp3) is 0.370. The second kappa shape index (κ2) is 10.0. The molecule has 0 saturated heterocycles. The van der Waals surface area contributed by atoms with Crippen LogP contribution < -0.4 is 4.74 Å². The number of carbonyl (C=O) groups is 1. The first kappa shape index (κ1) is 22.8. The van der Waals surface area contributed by atoms with Gasteiger partial charge in [-0.2, -0.15) is 0 Å². The van der Waals surface area contributed by atoms with Gasteiger partial charge in [-0.05, 0) is 72.1 Å². The Morgan fingerprint density at radius 2 is 1.76 bits per heavy atom. The molecule has 0 heterocycles. The molecule has 33 heavy (non-hydrogen) atoms. The van der Waals surface area contributed by atoms with E-state index in [-0.39, 0.29) is 29.1 Å². The summed E-state index contributed by atoms with van der Waals surface area (Å²) >= 11 is 0. The number of hydrogen-bond donors (Lipinski definition) is 0. The zero-order chi connectivity index (χ0) is 23.4. The first-order valence-electron chi connectivity index (χ1n) is 11.5. The highest BCUT2D eigenvalue weighted by Gasteiger charge is 2.27. The van der Waals surface area contributed by atoms with Crippen LogP contribution in [0.15, 0.2) is 54.6 Å². The third-order valence-corrected chi connectivity index (χ3v) is 6.48. The number of carbonyl (C=O) groups excluding carboxylic acids is 1. The smallest absolute Gasteiger partial charge is 0.311 e. The van der Waals surface area contributed by atoms with Crippen molar-refractivity contribution in [1.29, 1.82) is 0 Å². The van der Waals surface area contributed by atoms with Crippen LogP contribution in [0.5, 0.6) is 5.75 Å². The molecule has 0 radical (unpaired) electrons. The third-order valence-electron chi connectivity index (χ3n) is 6.48. The van der Waals surface area contributed by atoms with Gasteiger partial charge in [-0.1, -0.05) is 43.3 Å². The van der Waals surface area contributed by atoms with Crippen LogP contribution in [0.2, 0.25) is 0 Å². The van der Waals surface area contributed by atoms with Crippen LogP contribution in [0, 0.1) is 16.0 Å². The molecule has 3 aromatic rings. The highest BCUT2D eigenvalue weighted by atomic mass is 16.6. The maximum atomic E-state index is 12.1. The van der Waals surface area contributed by atoms with Crippen LogP contribution in [-0.4, -0.2) is 24.1 Å². The highest BCUT2D eigenvalue weighted by Crippen LogP contribution is 2.42. The summed E-state index contributed by atoms with van der Waals surface area (Å²) < 4.78 is 11.1. The van der Waals surface area contributed by atoms with E-state index in [1.54, 1.807) is 0 Å². The van der Waals surface area contributed by atoms with Crippen molar-refractivity contribution < 1.29 is 19.2 Å². The third kappa shape index (κ3) is 5.33. The number of rotatable bonds is 7. The van der Waals surface area contributed by atoms with Gasteiger partial charge in [0.1, 0.15) is 0 Å². The van der Waals surface area contributed by atoms with Crippen LogP contribution in [0.25, 0.3) is 21.9 Å². The second-order valence-corrected chi connectivity index (χ2v) is 8.89. The maximum Gasteiger partial charge on any atom is 0.311 e. The Morgan fingerprint density at radius 1 is 1.03 bits per heavy atom. The number of hydrogen-bond acceptors (Lipinski definition) is 5. The summed E-state index contributed by atoms with van der Waals surface area (Å²) in [6.45, 7) is 2.23. The van der Waals surface area contributed by atoms with Gasteiger partial charge in [0.15, 0.2) is 0 Å². The highest BCUT2D eigenvalue weighted by molar-refractivity contribution is 5.89. The number of benzene rings is 3. The van der Waals surface area contributed by atoms with Crippen molar-refractivity contribution in [2.45, 2.75) is 51.6 Å². The number of nitro groups is 1. The van der Waals surface area contributed by atoms with Crippen LogP contribution >= 0.6 is 0 Å². The van der Waals surface area contributed by atoms with Crippen molar-refractivity contribution in [2.75, 3.05) is 7.11 Å². The largest absolute Gasteiger partial charge is 0.483 e. The molecule has 1 fully saturated rings. The van der Waals surface area contributed by atoms with E-state index >= 15 is 0 Å². The van der Waals surface area contributed by atoms with Gasteiger partial charge in [0.05, 0.1) is 18.1 Å². The number of nitrogens with zero attached hydrogens (tertiary/aromatic N) is 1. The molecule has 1 aliphatic carbocycles. The van der Waals surface area contributed by atoms with Gasteiger partial charge in [-0.3, -0.25) is 14.9 Å². The first-order valence-corrected chi connectivity index (χ1v) is 11.5. The molecule has 6 heteroatoms. The topological polar surface area (TPSA) is 78.7 Å². The van der Waals surface area contributed by atoms with Crippen molar-refractivity contribution >= 4 is 22.4 Å². The van der Waals surface area contributed by atoms with Gasteiger partial charge in [-0.15, -0.1) is 0 Å². The molecule has 0 unspecified atom stereocenters. The molecule has 0 amide bonds. The van der Waals surface area contributed by atoms with Gasteiger partial charge >= 0.3 is 11.7 Å². The van der Waals surface area contributed by atoms with Gasteiger partial charge < -0.3 is 9.47 Å². The quantitative estimate of drug-likeness (QED) is 0.235. The second-order valence-electron chi connectivity index (χ2n) is 8.89. The molecule has 0 spiro atoms. The number of nitro benzene ring substituents is 1. The van der Waals surface area contributed by atoms with Gasteiger partial charge in [0.2, 0.25) is 5.75 Å². The molecule has 1 saturated carbocycles.